The van der Waals surface area contributed by atoms with Gasteiger partial charge in [0.15, 0.2) is 0 Å². The molecular weight excluding hydrogens is 248 g/mol. The van der Waals surface area contributed by atoms with E-state index in [9.17, 15) is 10.2 Å². The maximum Gasteiger partial charge on any atom is 0.119 e. The topological polar surface area (TPSA) is 40.5 Å². The van der Waals surface area contributed by atoms with Crippen molar-refractivity contribution >= 4 is 0 Å². The van der Waals surface area contributed by atoms with Crippen molar-refractivity contribution in [3.05, 3.63) is 60.2 Å². The second kappa shape index (κ2) is 6.29. The molecule has 2 N–H and O–H groups in total. The van der Waals surface area contributed by atoms with Crippen molar-refractivity contribution in [3.63, 3.8) is 0 Å². The molecule has 0 aliphatic carbocycles. The number of rotatable bonds is 5. The molecule has 0 aliphatic heterocycles. The lowest BCUT2D eigenvalue weighted by atomic mass is 9.97. The molecule has 20 heavy (non-hydrogen) atoms. The first-order valence-electron chi connectivity index (χ1n) is 6.90. The molecule has 2 heteroatoms. The molecule has 0 heterocycles. The van der Waals surface area contributed by atoms with E-state index in [1.807, 2.05) is 24.3 Å². The van der Waals surface area contributed by atoms with Crippen molar-refractivity contribution in [1.82, 2.24) is 0 Å². The number of allylic oxidation sites excluding steroid dienone is 1. The zero-order valence-corrected chi connectivity index (χ0v) is 11.8. The first-order valence-corrected chi connectivity index (χ1v) is 6.90. The van der Waals surface area contributed by atoms with Gasteiger partial charge in [-0.2, -0.15) is 0 Å². The minimum Gasteiger partial charge on any atom is -0.508 e. The Morgan fingerprint density at radius 2 is 1.50 bits per heavy atom. The van der Waals surface area contributed by atoms with E-state index in [-0.39, 0.29) is 0 Å². The molecule has 0 aliphatic rings. The van der Waals surface area contributed by atoms with Crippen LogP contribution in [0.4, 0.5) is 0 Å². The summed E-state index contributed by atoms with van der Waals surface area (Å²) in [6, 6.07) is 11.2. The summed E-state index contributed by atoms with van der Waals surface area (Å²) in [5.74, 6) is 0.641. The van der Waals surface area contributed by atoms with Crippen LogP contribution in [-0.2, 0) is 12.8 Å². The highest BCUT2D eigenvalue weighted by molar-refractivity contribution is 5.67. The number of phenols is 2. The predicted octanol–water partition coefficient (Wildman–Crippen LogP) is 4.45. The normalized spacial score (nSPS) is 10.4. The summed E-state index contributed by atoms with van der Waals surface area (Å²) >= 11 is 0. The lowest BCUT2D eigenvalue weighted by Gasteiger charge is -2.09. The Hall–Kier alpha value is -2.22. The standard InChI is InChI=1S/C18H20O2/c1-3-5-15-11-13(7-9-17(15)19)14-8-10-18(20)16(12-14)6-4-2/h3,7-12,19-20H,1,4-6H2,2H3. The average molecular weight is 268 g/mol. The highest BCUT2D eigenvalue weighted by atomic mass is 16.3. The molecule has 0 fully saturated rings. The summed E-state index contributed by atoms with van der Waals surface area (Å²) in [4.78, 5) is 0. The first-order chi connectivity index (χ1) is 9.65. The van der Waals surface area contributed by atoms with Crippen molar-refractivity contribution in [1.29, 1.82) is 0 Å². The molecule has 0 bridgehead atoms. The fraction of sp³-hybridized carbons (Fsp3) is 0.222. The van der Waals surface area contributed by atoms with Gasteiger partial charge >= 0.3 is 0 Å². The summed E-state index contributed by atoms with van der Waals surface area (Å²) in [6.45, 7) is 5.80. The fourth-order valence-corrected chi connectivity index (χ4v) is 2.32. The van der Waals surface area contributed by atoms with E-state index >= 15 is 0 Å². The number of hydrogen-bond donors (Lipinski definition) is 2. The zero-order chi connectivity index (χ0) is 14.5. The molecular formula is C18H20O2. The molecule has 0 radical (unpaired) electrons. The molecule has 2 rings (SSSR count). The maximum absolute atomic E-state index is 9.84. The largest absolute Gasteiger partial charge is 0.508 e. The molecule has 104 valence electrons. The summed E-state index contributed by atoms with van der Waals surface area (Å²) in [5.41, 5.74) is 3.92. The van der Waals surface area contributed by atoms with Crippen LogP contribution in [0.25, 0.3) is 11.1 Å². The van der Waals surface area contributed by atoms with Gasteiger partial charge in [-0.15, -0.1) is 6.58 Å². The Bertz CT molecular complexity index is 615. The first kappa shape index (κ1) is 14.2. The van der Waals surface area contributed by atoms with Gasteiger partial charge in [0.1, 0.15) is 11.5 Å². The summed E-state index contributed by atoms with van der Waals surface area (Å²) in [7, 11) is 0. The third-order valence-electron chi connectivity index (χ3n) is 3.38. The van der Waals surface area contributed by atoms with Crippen molar-refractivity contribution in [2.75, 3.05) is 0 Å². The van der Waals surface area contributed by atoms with Crippen LogP contribution in [0.2, 0.25) is 0 Å². The van der Waals surface area contributed by atoms with E-state index in [0.717, 1.165) is 35.1 Å². The molecule has 0 amide bonds. The van der Waals surface area contributed by atoms with E-state index < -0.39 is 0 Å². The molecule has 2 nitrogen and oxygen atoms in total. The van der Waals surface area contributed by atoms with Crippen molar-refractivity contribution in [3.8, 4) is 22.6 Å². The van der Waals surface area contributed by atoms with Gasteiger partial charge in [0.25, 0.3) is 0 Å². The number of benzene rings is 2. The summed E-state index contributed by atoms with van der Waals surface area (Å²) < 4.78 is 0. The van der Waals surface area contributed by atoms with Crippen LogP contribution in [0.3, 0.4) is 0 Å². The minimum atomic E-state index is 0.293. The molecule has 0 spiro atoms. The second-order valence-corrected chi connectivity index (χ2v) is 4.93. The van der Waals surface area contributed by atoms with Crippen molar-refractivity contribution < 1.29 is 10.2 Å². The highest BCUT2D eigenvalue weighted by Crippen LogP contribution is 2.30. The number of phenolic OH excluding ortho intramolecular Hbond substituents is 2. The SMILES string of the molecule is C=CCc1cc(-c2ccc(O)c(CCC)c2)ccc1O. The molecule has 0 aromatic heterocycles. The summed E-state index contributed by atoms with van der Waals surface area (Å²) in [6.07, 6.45) is 4.27. The van der Waals surface area contributed by atoms with E-state index in [2.05, 4.69) is 13.5 Å². The van der Waals surface area contributed by atoms with Crippen LogP contribution >= 0.6 is 0 Å². The Balaban J connectivity index is 2.43. The Kier molecular flexibility index (Phi) is 4.46. The smallest absolute Gasteiger partial charge is 0.119 e. The van der Waals surface area contributed by atoms with E-state index in [0.29, 0.717) is 17.9 Å². The lowest BCUT2D eigenvalue weighted by Crippen LogP contribution is -1.88. The Morgan fingerprint density at radius 1 is 0.950 bits per heavy atom. The summed E-state index contributed by atoms with van der Waals surface area (Å²) in [5, 5.41) is 19.7. The van der Waals surface area contributed by atoms with Gasteiger partial charge in [0, 0.05) is 0 Å². The molecule has 0 unspecified atom stereocenters. The van der Waals surface area contributed by atoms with Gasteiger partial charge in [-0.3, -0.25) is 0 Å². The van der Waals surface area contributed by atoms with Gasteiger partial charge in [-0.1, -0.05) is 31.6 Å². The van der Waals surface area contributed by atoms with Crippen LogP contribution in [0.1, 0.15) is 24.5 Å². The number of hydrogen-bond acceptors (Lipinski definition) is 2. The van der Waals surface area contributed by atoms with Crippen LogP contribution in [-0.4, -0.2) is 10.2 Å². The minimum absolute atomic E-state index is 0.293. The second-order valence-electron chi connectivity index (χ2n) is 4.93. The van der Waals surface area contributed by atoms with Crippen molar-refractivity contribution in [2.45, 2.75) is 26.2 Å². The van der Waals surface area contributed by atoms with E-state index in [1.165, 1.54) is 0 Å². The molecule has 0 atom stereocenters. The third kappa shape index (κ3) is 3.02. The number of aryl methyl sites for hydroxylation is 1. The molecule has 0 saturated heterocycles. The Morgan fingerprint density at radius 3 is 2.05 bits per heavy atom. The Labute approximate surface area is 120 Å². The zero-order valence-electron chi connectivity index (χ0n) is 11.8. The van der Waals surface area contributed by atoms with Gasteiger partial charge in [-0.05, 0) is 59.4 Å². The maximum atomic E-state index is 9.84. The lowest BCUT2D eigenvalue weighted by molar-refractivity contribution is 0.467. The van der Waals surface area contributed by atoms with Crippen LogP contribution in [0, 0.1) is 0 Å². The highest BCUT2D eigenvalue weighted by Gasteiger charge is 2.06. The fourth-order valence-electron chi connectivity index (χ4n) is 2.32. The van der Waals surface area contributed by atoms with Crippen molar-refractivity contribution in [2.24, 2.45) is 0 Å². The van der Waals surface area contributed by atoms with Gasteiger partial charge in [0.2, 0.25) is 0 Å². The van der Waals surface area contributed by atoms with Crippen LogP contribution in [0.5, 0.6) is 11.5 Å². The number of aromatic hydroxyl groups is 2. The van der Waals surface area contributed by atoms with Crippen LogP contribution < -0.4 is 0 Å². The van der Waals surface area contributed by atoms with E-state index in [4.69, 9.17) is 0 Å². The average Bonchev–Trinajstić information content (AvgIpc) is 2.44. The molecule has 2 aromatic carbocycles. The van der Waals surface area contributed by atoms with Gasteiger partial charge in [-0.25, -0.2) is 0 Å². The van der Waals surface area contributed by atoms with Gasteiger partial charge in [0.05, 0.1) is 0 Å². The van der Waals surface area contributed by atoms with Gasteiger partial charge < -0.3 is 10.2 Å². The predicted molar refractivity (Wildman–Crippen MR) is 83.1 cm³/mol. The molecule has 2 aromatic rings. The third-order valence-corrected chi connectivity index (χ3v) is 3.38. The van der Waals surface area contributed by atoms with E-state index in [1.54, 1.807) is 18.2 Å². The monoisotopic (exact) mass is 268 g/mol. The molecule has 0 saturated carbocycles. The van der Waals surface area contributed by atoms with Crippen LogP contribution in [0.15, 0.2) is 49.1 Å². The quantitative estimate of drug-likeness (QED) is 0.787.